The Hall–Kier alpha value is -1.16. The van der Waals surface area contributed by atoms with Crippen LogP contribution in [0.4, 0.5) is 5.82 Å². The fourth-order valence-electron chi connectivity index (χ4n) is 1.59. The van der Waals surface area contributed by atoms with Gasteiger partial charge in [-0.25, -0.2) is 13.4 Å². The van der Waals surface area contributed by atoms with E-state index >= 15 is 0 Å². The van der Waals surface area contributed by atoms with E-state index in [1.165, 1.54) is 22.8 Å². The molecule has 0 fully saturated rings. The van der Waals surface area contributed by atoms with Crippen LogP contribution in [0.5, 0.6) is 0 Å². The van der Waals surface area contributed by atoms with Gasteiger partial charge in [0, 0.05) is 18.6 Å². The minimum atomic E-state index is -3.84. The molecule has 2 aromatic rings. The Morgan fingerprint density at radius 3 is 2.79 bits per heavy atom. The maximum Gasteiger partial charge on any atom is 0.263 e. The quantitative estimate of drug-likeness (QED) is 0.850. The number of hydrogen-bond donors (Lipinski definition) is 2. The minimum absolute atomic E-state index is 0.0348. The van der Waals surface area contributed by atoms with Crippen molar-refractivity contribution in [2.45, 2.75) is 24.4 Å². The van der Waals surface area contributed by atoms with Gasteiger partial charge < -0.3 is 10.8 Å². The van der Waals surface area contributed by atoms with Crippen LogP contribution in [-0.4, -0.2) is 46.4 Å². The number of imidazole rings is 1. The third kappa shape index (κ3) is 2.12. The molecule has 0 saturated heterocycles. The number of rotatable bonds is 4. The standard InChI is InChI=1S/C10H16N4O3S2/c1-10(2,6-15)13(3)19(16,17)8-7(11)12-9-14(8)4-5-18-9/h4-5,15H,6,11H2,1-3H3. The van der Waals surface area contributed by atoms with Crippen molar-refractivity contribution < 1.29 is 13.5 Å². The van der Waals surface area contributed by atoms with Crippen molar-refractivity contribution >= 4 is 32.1 Å². The zero-order valence-corrected chi connectivity index (χ0v) is 12.5. The van der Waals surface area contributed by atoms with Gasteiger partial charge in [-0.1, -0.05) is 0 Å². The number of aliphatic hydroxyl groups is 1. The van der Waals surface area contributed by atoms with Crippen LogP contribution in [0.15, 0.2) is 16.6 Å². The van der Waals surface area contributed by atoms with Gasteiger partial charge in [-0.05, 0) is 13.8 Å². The van der Waals surface area contributed by atoms with Gasteiger partial charge >= 0.3 is 0 Å². The number of aliphatic hydroxyl groups excluding tert-OH is 1. The Kier molecular flexibility index (Phi) is 3.33. The summed E-state index contributed by atoms with van der Waals surface area (Å²) in [6.45, 7) is 2.97. The first-order chi connectivity index (χ1) is 8.71. The summed E-state index contributed by atoms with van der Waals surface area (Å²) in [4.78, 5) is 4.54. The van der Waals surface area contributed by atoms with Gasteiger partial charge in [-0.2, -0.15) is 4.31 Å². The van der Waals surface area contributed by atoms with Crippen LogP contribution in [0.1, 0.15) is 13.8 Å². The molecule has 3 N–H and O–H groups in total. The van der Waals surface area contributed by atoms with E-state index in [-0.39, 0.29) is 17.5 Å². The highest BCUT2D eigenvalue weighted by molar-refractivity contribution is 7.89. The highest BCUT2D eigenvalue weighted by Crippen LogP contribution is 2.28. The number of nitrogens with zero attached hydrogens (tertiary/aromatic N) is 3. The van der Waals surface area contributed by atoms with Crippen LogP contribution in [0.3, 0.4) is 0 Å². The van der Waals surface area contributed by atoms with Gasteiger partial charge in [0.05, 0.1) is 12.1 Å². The zero-order valence-electron chi connectivity index (χ0n) is 10.9. The number of sulfonamides is 1. The Bertz CT molecular complexity index is 701. The molecule has 0 spiro atoms. The molecule has 0 aliphatic heterocycles. The van der Waals surface area contributed by atoms with E-state index in [4.69, 9.17) is 5.73 Å². The number of thiazole rings is 1. The van der Waals surface area contributed by atoms with Crippen LogP contribution in [0.25, 0.3) is 4.96 Å². The van der Waals surface area contributed by atoms with E-state index in [0.29, 0.717) is 4.96 Å². The van der Waals surface area contributed by atoms with Crippen LogP contribution < -0.4 is 5.73 Å². The molecule has 9 heteroatoms. The van der Waals surface area contributed by atoms with Crippen LogP contribution in [0.2, 0.25) is 0 Å². The van der Waals surface area contributed by atoms with Gasteiger partial charge in [-0.15, -0.1) is 11.3 Å². The van der Waals surface area contributed by atoms with Crippen LogP contribution in [-0.2, 0) is 10.0 Å². The van der Waals surface area contributed by atoms with E-state index in [0.717, 1.165) is 4.31 Å². The SMILES string of the molecule is CN(C(C)(C)CO)S(=O)(=O)c1c(N)nc2sccn12. The van der Waals surface area contributed by atoms with E-state index in [1.54, 1.807) is 25.4 Å². The molecule has 0 aromatic carbocycles. The number of likely N-dealkylation sites (N-methyl/N-ethyl adjacent to an activating group) is 1. The summed E-state index contributed by atoms with van der Waals surface area (Å²) in [5.41, 5.74) is 4.79. The maximum atomic E-state index is 12.6. The highest BCUT2D eigenvalue weighted by atomic mass is 32.2. The third-order valence-corrected chi connectivity index (χ3v) is 5.95. The lowest BCUT2D eigenvalue weighted by Crippen LogP contribution is -2.47. The summed E-state index contributed by atoms with van der Waals surface area (Å²) < 4.78 is 27.8. The molecule has 0 aliphatic carbocycles. The average Bonchev–Trinajstić information content (AvgIpc) is 2.86. The molecule has 2 heterocycles. The molecule has 0 unspecified atom stereocenters. The van der Waals surface area contributed by atoms with Gasteiger partial charge in [-0.3, -0.25) is 4.40 Å². The van der Waals surface area contributed by atoms with Gasteiger partial charge in [0.25, 0.3) is 10.0 Å². The van der Waals surface area contributed by atoms with Crippen molar-refractivity contribution in [3.63, 3.8) is 0 Å². The Morgan fingerprint density at radius 2 is 2.21 bits per heavy atom. The van der Waals surface area contributed by atoms with Crippen molar-refractivity contribution in [3.05, 3.63) is 11.6 Å². The predicted octanol–water partition coefficient (Wildman–Crippen LogP) is 0.369. The summed E-state index contributed by atoms with van der Waals surface area (Å²) in [6, 6.07) is 0. The monoisotopic (exact) mass is 304 g/mol. The number of fused-ring (bicyclic) bond motifs is 1. The first kappa shape index (κ1) is 14.3. The molecule has 0 atom stereocenters. The molecular formula is C10H16N4O3S2. The second kappa shape index (κ2) is 4.44. The van der Waals surface area contributed by atoms with Crippen molar-refractivity contribution in [3.8, 4) is 0 Å². The van der Waals surface area contributed by atoms with Crippen molar-refractivity contribution in [1.82, 2.24) is 13.7 Å². The van der Waals surface area contributed by atoms with Gasteiger partial charge in [0.15, 0.2) is 15.8 Å². The molecule has 0 radical (unpaired) electrons. The second-order valence-corrected chi connectivity index (χ2v) is 7.56. The largest absolute Gasteiger partial charge is 0.394 e. The summed E-state index contributed by atoms with van der Waals surface area (Å²) in [6.07, 6.45) is 1.61. The number of nitrogen functional groups attached to an aromatic ring is 1. The minimum Gasteiger partial charge on any atom is -0.394 e. The molecule has 0 saturated carbocycles. The van der Waals surface area contributed by atoms with E-state index < -0.39 is 15.6 Å². The number of anilines is 1. The van der Waals surface area contributed by atoms with E-state index in [1.807, 2.05) is 0 Å². The number of nitrogens with two attached hydrogens (primary N) is 1. The smallest absolute Gasteiger partial charge is 0.263 e. The van der Waals surface area contributed by atoms with E-state index in [2.05, 4.69) is 4.98 Å². The molecule has 7 nitrogen and oxygen atoms in total. The topological polar surface area (TPSA) is 101 Å². The Morgan fingerprint density at radius 1 is 1.58 bits per heavy atom. The summed E-state index contributed by atoms with van der Waals surface area (Å²) >= 11 is 1.30. The molecule has 0 amide bonds. The van der Waals surface area contributed by atoms with Crippen LogP contribution >= 0.6 is 11.3 Å². The van der Waals surface area contributed by atoms with Gasteiger partial charge in [0.2, 0.25) is 0 Å². The highest BCUT2D eigenvalue weighted by Gasteiger charge is 2.37. The van der Waals surface area contributed by atoms with Crippen molar-refractivity contribution in [2.24, 2.45) is 0 Å². The Balaban J connectivity index is 2.62. The first-order valence-corrected chi connectivity index (χ1v) is 7.84. The zero-order chi connectivity index (χ0) is 14.4. The Labute approximate surface area is 115 Å². The molecule has 2 rings (SSSR count). The van der Waals surface area contributed by atoms with Gasteiger partial charge in [0.1, 0.15) is 0 Å². The van der Waals surface area contributed by atoms with E-state index in [9.17, 15) is 13.5 Å². The maximum absolute atomic E-state index is 12.6. The second-order valence-electron chi connectivity index (χ2n) is 4.80. The molecular weight excluding hydrogens is 288 g/mol. The molecule has 19 heavy (non-hydrogen) atoms. The summed E-state index contributed by atoms with van der Waals surface area (Å²) in [7, 11) is -2.42. The third-order valence-electron chi connectivity index (χ3n) is 3.09. The average molecular weight is 304 g/mol. The molecule has 106 valence electrons. The van der Waals surface area contributed by atoms with Crippen LogP contribution in [0, 0.1) is 0 Å². The summed E-state index contributed by atoms with van der Waals surface area (Å²) in [5.74, 6) is -0.0348. The fraction of sp³-hybridized carbons (Fsp3) is 0.500. The number of hydrogen-bond acceptors (Lipinski definition) is 6. The van der Waals surface area contributed by atoms with Crippen molar-refractivity contribution in [2.75, 3.05) is 19.4 Å². The lowest BCUT2D eigenvalue weighted by Gasteiger charge is -2.32. The first-order valence-electron chi connectivity index (χ1n) is 5.53. The molecule has 2 aromatic heterocycles. The summed E-state index contributed by atoms with van der Waals surface area (Å²) in [5, 5.41) is 11.0. The fourth-order valence-corrected chi connectivity index (χ4v) is 4.05. The predicted molar refractivity (Wildman–Crippen MR) is 73.6 cm³/mol. The lowest BCUT2D eigenvalue weighted by molar-refractivity contribution is 0.137. The normalized spacial score (nSPS) is 13.5. The number of aromatic nitrogens is 2. The molecule has 0 bridgehead atoms. The lowest BCUT2D eigenvalue weighted by atomic mass is 10.1. The van der Waals surface area contributed by atoms with Crippen molar-refractivity contribution in [1.29, 1.82) is 0 Å². The molecule has 0 aliphatic rings.